The number of pyridine rings is 1. The molecule has 144 valence electrons. The predicted molar refractivity (Wildman–Crippen MR) is 121 cm³/mol. The lowest BCUT2D eigenvalue weighted by Crippen LogP contribution is -2.13. The van der Waals surface area contributed by atoms with E-state index in [0.29, 0.717) is 11.6 Å². The van der Waals surface area contributed by atoms with E-state index in [9.17, 15) is 0 Å². The van der Waals surface area contributed by atoms with Crippen LogP contribution in [0.3, 0.4) is 0 Å². The average molecular weight is 419 g/mol. The molecule has 4 aromatic rings. The van der Waals surface area contributed by atoms with Crippen LogP contribution in [0.25, 0.3) is 11.3 Å². The van der Waals surface area contributed by atoms with Gasteiger partial charge in [0.15, 0.2) is 0 Å². The Labute approximate surface area is 178 Å². The zero-order chi connectivity index (χ0) is 19.9. The second-order valence-electron chi connectivity index (χ2n) is 6.34. The molecule has 0 amide bonds. The Kier molecular flexibility index (Phi) is 6.29. The molecule has 2 heterocycles. The van der Waals surface area contributed by atoms with Gasteiger partial charge in [-0.05, 0) is 36.2 Å². The van der Waals surface area contributed by atoms with E-state index in [1.807, 2.05) is 53.2 Å². The first-order chi connectivity index (χ1) is 14.3. The molecular weight excluding hydrogens is 400 g/mol. The fourth-order valence-corrected chi connectivity index (χ4v) is 3.91. The van der Waals surface area contributed by atoms with Gasteiger partial charge in [-0.15, -0.1) is 11.3 Å². The van der Waals surface area contributed by atoms with Crippen LogP contribution in [0, 0.1) is 0 Å². The lowest BCUT2D eigenvalue weighted by Gasteiger charge is -2.04. The predicted octanol–water partition coefficient (Wildman–Crippen LogP) is 5.29. The van der Waals surface area contributed by atoms with E-state index in [0.717, 1.165) is 28.2 Å². The van der Waals surface area contributed by atoms with Crippen molar-refractivity contribution in [3.05, 3.63) is 105 Å². The lowest BCUT2D eigenvalue weighted by molar-refractivity contribution is 0.816. The summed E-state index contributed by atoms with van der Waals surface area (Å²) in [6.07, 6.45) is 4.38. The van der Waals surface area contributed by atoms with Crippen molar-refractivity contribution < 1.29 is 0 Å². The Morgan fingerprint density at radius 2 is 1.86 bits per heavy atom. The van der Waals surface area contributed by atoms with Crippen LogP contribution in [0.5, 0.6) is 0 Å². The van der Waals surface area contributed by atoms with E-state index >= 15 is 0 Å². The van der Waals surface area contributed by atoms with Crippen molar-refractivity contribution in [1.82, 2.24) is 9.66 Å². The quantitative estimate of drug-likeness (QED) is 0.392. The maximum absolute atomic E-state index is 6.20. The van der Waals surface area contributed by atoms with Crippen molar-refractivity contribution in [3.63, 3.8) is 0 Å². The first kappa shape index (κ1) is 19.3. The highest BCUT2D eigenvalue weighted by Crippen LogP contribution is 2.23. The molecule has 2 aromatic heterocycles. The van der Waals surface area contributed by atoms with Crippen molar-refractivity contribution in [3.8, 4) is 11.3 Å². The van der Waals surface area contributed by atoms with Crippen LogP contribution >= 0.6 is 22.9 Å². The zero-order valence-electron chi connectivity index (χ0n) is 15.6. The number of aromatic nitrogens is 2. The summed E-state index contributed by atoms with van der Waals surface area (Å²) in [5, 5.41) is 7.42. The van der Waals surface area contributed by atoms with Gasteiger partial charge in [0, 0.05) is 28.7 Å². The minimum Gasteiger partial charge on any atom is -0.257 e. The van der Waals surface area contributed by atoms with Gasteiger partial charge in [-0.2, -0.15) is 5.10 Å². The van der Waals surface area contributed by atoms with E-state index in [1.54, 1.807) is 23.7 Å². The molecule has 0 aliphatic heterocycles. The molecule has 0 aliphatic rings. The van der Waals surface area contributed by atoms with Gasteiger partial charge in [-0.25, -0.2) is 4.68 Å². The molecule has 2 aromatic carbocycles. The van der Waals surface area contributed by atoms with Crippen molar-refractivity contribution in [2.75, 3.05) is 6.54 Å². The van der Waals surface area contributed by atoms with Crippen LogP contribution in [-0.4, -0.2) is 22.4 Å². The van der Waals surface area contributed by atoms with Crippen LogP contribution in [0.4, 0.5) is 0 Å². The second-order valence-corrected chi connectivity index (χ2v) is 7.62. The zero-order valence-corrected chi connectivity index (χ0v) is 17.2. The van der Waals surface area contributed by atoms with E-state index in [2.05, 4.69) is 39.7 Å². The van der Waals surface area contributed by atoms with Crippen molar-refractivity contribution in [2.45, 2.75) is 6.42 Å². The van der Waals surface area contributed by atoms with Gasteiger partial charge in [0.25, 0.3) is 0 Å². The number of rotatable bonds is 6. The molecule has 0 bridgehead atoms. The van der Waals surface area contributed by atoms with E-state index < -0.39 is 0 Å². The van der Waals surface area contributed by atoms with Gasteiger partial charge >= 0.3 is 0 Å². The SMILES string of the molecule is Clc1cccc(-c2csc(=NCCc3ccccc3)n2/N=C/c2ccccn2)c1. The summed E-state index contributed by atoms with van der Waals surface area (Å²) in [4.78, 5) is 9.95. The standard InChI is InChI=1S/C23H19ClN4S/c24-20-10-6-9-19(15-20)22-17-29-23(26-14-12-18-7-2-1-3-8-18)28(22)27-16-21-11-4-5-13-25-21/h1-11,13,15-17H,12,14H2/b26-23?,27-16+. The Morgan fingerprint density at radius 3 is 2.66 bits per heavy atom. The Bertz CT molecular complexity index is 1160. The second kappa shape index (κ2) is 9.45. The van der Waals surface area contributed by atoms with Crippen molar-refractivity contribution in [2.24, 2.45) is 10.1 Å². The number of benzene rings is 2. The van der Waals surface area contributed by atoms with Crippen LogP contribution in [-0.2, 0) is 6.42 Å². The minimum absolute atomic E-state index is 0.691. The highest BCUT2D eigenvalue weighted by molar-refractivity contribution is 7.07. The Morgan fingerprint density at radius 1 is 1.00 bits per heavy atom. The van der Waals surface area contributed by atoms with E-state index in [-0.39, 0.29) is 0 Å². The molecule has 4 rings (SSSR count). The molecule has 0 aliphatic carbocycles. The number of halogens is 1. The Hall–Kier alpha value is -3.02. The number of thiazole rings is 1. The molecule has 0 fully saturated rings. The fourth-order valence-electron chi connectivity index (χ4n) is 2.86. The molecule has 0 saturated heterocycles. The molecule has 4 nitrogen and oxygen atoms in total. The molecule has 0 unspecified atom stereocenters. The molecule has 0 saturated carbocycles. The van der Waals surface area contributed by atoms with E-state index in [1.165, 1.54) is 5.56 Å². The van der Waals surface area contributed by atoms with Gasteiger partial charge in [-0.3, -0.25) is 9.98 Å². The molecule has 29 heavy (non-hydrogen) atoms. The molecule has 6 heteroatoms. The molecular formula is C23H19ClN4S. The maximum atomic E-state index is 6.20. The van der Waals surface area contributed by atoms with Crippen LogP contribution < -0.4 is 4.80 Å². The summed E-state index contributed by atoms with van der Waals surface area (Å²) in [7, 11) is 0. The average Bonchev–Trinajstić information content (AvgIpc) is 3.16. The topological polar surface area (TPSA) is 42.5 Å². The minimum atomic E-state index is 0.691. The molecule has 0 spiro atoms. The summed E-state index contributed by atoms with van der Waals surface area (Å²) in [6, 6.07) is 23.9. The van der Waals surface area contributed by atoms with Gasteiger partial charge < -0.3 is 0 Å². The summed E-state index contributed by atoms with van der Waals surface area (Å²) in [5.41, 5.74) is 4.00. The van der Waals surface area contributed by atoms with Gasteiger partial charge in [-0.1, -0.05) is 60.1 Å². The first-order valence-electron chi connectivity index (χ1n) is 9.26. The summed E-state index contributed by atoms with van der Waals surface area (Å²) < 4.78 is 1.86. The van der Waals surface area contributed by atoms with Crippen molar-refractivity contribution in [1.29, 1.82) is 0 Å². The number of hydrogen-bond donors (Lipinski definition) is 0. The molecule has 0 atom stereocenters. The first-order valence-corrected chi connectivity index (χ1v) is 10.5. The van der Waals surface area contributed by atoms with Gasteiger partial charge in [0.1, 0.15) is 0 Å². The molecule has 0 radical (unpaired) electrons. The van der Waals surface area contributed by atoms with Crippen LogP contribution in [0.15, 0.2) is 94.5 Å². The third-order valence-electron chi connectivity index (χ3n) is 4.29. The smallest absolute Gasteiger partial charge is 0.206 e. The highest BCUT2D eigenvalue weighted by atomic mass is 35.5. The lowest BCUT2D eigenvalue weighted by atomic mass is 10.2. The largest absolute Gasteiger partial charge is 0.257 e. The highest BCUT2D eigenvalue weighted by Gasteiger charge is 2.08. The third-order valence-corrected chi connectivity index (χ3v) is 5.38. The van der Waals surface area contributed by atoms with Crippen LogP contribution in [0.2, 0.25) is 5.02 Å². The van der Waals surface area contributed by atoms with Gasteiger partial charge in [0.05, 0.1) is 17.6 Å². The number of nitrogens with zero attached hydrogens (tertiary/aromatic N) is 4. The van der Waals surface area contributed by atoms with Crippen LogP contribution in [0.1, 0.15) is 11.3 Å². The third kappa shape index (κ3) is 5.08. The fraction of sp³-hybridized carbons (Fsp3) is 0.0870. The molecule has 0 N–H and O–H groups in total. The normalized spacial score (nSPS) is 12.0. The van der Waals surface area contributed by atoms with Gasteiger partial charge in [0.2, 0.25) is 4.80 Å². The van der Waals surface area contributed by atoms with E-state index in [4.69, 9.17) is 16.6 Å². The Balaban J connectivity index is 1.69. The summed E-state index contributed by atoms with van der Waals surface area (Å²) >= 11 is 7.77. The maximum Gasteiger partial charge on any atom is 0.206 e. The summed E-state index contributed by atoms with van der Waals surface area (Å²) in [5.74, 6) is 0. The monoisotopic (exact) mass is 418 g/mol. The number of hydrogen-bond acceptors (Lipinski definition) is 4. The van der Waals surface area contributed by atoms with Crippen molar-refractivity contribution >= 4 is 29.2 Å². The summed E-state index contributed by atoms with van der Waals surface area (Å²) in [6.45, 7) is 0.693.